The monoisotopic (exact) mass is 345 g/mol. The Morgan fingerprint density at radius 3 is 3.04 bits per heavy atom. The van der Waals surface area contributed by atoms with Crippen molar-refractivity contribution in [1.82, 2.24) is 15.2 Å². The van der Waals surface area contributed by atoms with E-state index in [1.165, 1.54) is 0 Å². The molecule has 4 rings (SSSR count). The van der Waals surface area contributed by atoms with Crippen molar-refractivity contribution in [2.45, 2.75) is 25.4 Å². The highest BCUT2D eigenvalue weighted by Gasteiger charge is 2.55. The van der Waals surface area contributed by atoms with E-state index in [9.17, 15) is 14.7 Å². The first-order valence-corrected chi connectivity index (χ1v) is 8.86. The molecule has 0 radical (unpaired) electrons. The van der Waals surface area contributed by atoms with Crippen molar-refractivity contribution in [3.63, 3.8) is 0 Å². The van der Waals surface area contributed by atoms with Crippen LogP contribution in [0.1, 0.15) is 19.3 Å². The molecule has 2 saturated heterocycles. The molecule has 7 nitrogen and oxygen atoms in total. The number of aromatic nitrogens is 1. The van der Waals surface area contributed by atoms with E-state index in [1.807, 2.05) is 12.1 Å². The minimum Gasteiger partial charge on any atom is -0.492 e. The number of nitrogens with zero attached hydrogens (tertiary/aromatic N) is 2. The second kappa shape index (κ2) is 6.29. The number of ether oxygens (including phenoxy) is 1. The zero-order valence-corrected chi connectivity index (χ0v) is 14.1. The average Bonchev–Trinajstić information content (AvgIpc) is 3.17. The van der Waals surface area contributed by atoms with E-state index >= 15 is 0 Å². The van der Waals surface area contributed by atoms with Gasteiger partial charge < -0.3 is 20.1 Å². The van der Waals surface area contributed by atoms with E-state index in [0.717, 1.165) is 0 Å². The number of hydrogen-bond acceptors (Lipinski definition) is 5. The summed E-state index contributed by atoms with van der Waals surface area (Å²) in [6.07, 6.45) is 4.75. The fourth-order valence-corrected chi connectivity index (χ4v) is 4.21. The van der Waals surface area contributed by atoms with Crippen LogP contribution in [0.5, 0.6) is 5.75 Å². The molecule has 1 aromatic rings. The third-order valence-electron chi connectivity index (χ3n) is 5.90. The standard InChI is InChI=1S/C18H23N3O4/c22-14-6-12(7-14)16(23)21-5-3-18(11-21)13(8-20-17(18)24)10-25-15-2-1-4-19-9-15/h1-2,4,9,12-14,22H,3,5-8,10-11H2,(H,20,24)/t12?,13-,14?,18-/m1/s1. The molecule has 25 heavy (non-hydrogen) atoms. The normalized spacial score (nSPS) is 34.0. The number of carbonyl (C=O) groups is 2. The molecular weight excluding hydrogens is 322 g/mol. The smallest absolute Gasteiger partial charge is 0.228 e. The summed E-state index contributed by atoms with van der Waals surface area (Å²) in [4.78, 5) is 30.9. The molecule has 2 aliphatic heterocycles. The third-order valence-corrected chi connectivity index (χ3v) is 5.90. The van der Waals surface area contributed by atoms with Crippen molar-refractivity contribution in [2.24, 2.45) is 17.3 Å². The van der Waals surface area contributed by atoms with E-state index in [4.69, 9.17) is 4.74 Å². The number of nitrogens with one attached hydrogen (secondary N) is 1. The highest BCUT2D eigenvalue weighted by Crippen LogP contribution is 2.43. The maximum Gasteiger partial charge on any atom is 0.228 e. The number of amides is 2. The molecular formula is C18H23N3O4. The van der Waals surface area contributed by atoms with Crippen LogP contribution in [0.2, 0.25) is 0 Å². The summed E-state index contributed by atoms with van der Waals surface area (Å²) in [5, 5.41) is 12.4. The summed E-state index contributed by atoms with van der Waals surface area (Å²) in [5.74, 6) is 0.737. The van der Waals surface area contributed by atoms with Crippen LogP contribution in [0, 0.1) is 17.3 Å². The van der Waals surface area contributed by atoms with Gasteiger partial charge in [0, 0.05) is 37.7 Å². The van der Waals surface area contributed by atoms with Crippen molar-refractivity contribution < 1.29 is 19.4 Å². The predicted molar refractivity (Wildman–Crippen MR) is 88.6 cm³/mol. The molecule has 1 aliphatic carbocycles. The average molecular weight is 345 g/mol. The molecule has 1 spiro atoms. The minimum absolute atomic E-state index is 0.0243. The van der Waals surface area contributed by atoms with Gasteiger partial charge in [-0.05, 0) is 31.4 Å². The van der Waals surface area contributed by atoms with E-state index in [1.54, 1.807) is 17.3 Å². The maximum atomic E-state index is 12.5. The number of hydrogen-bond donors (Lipinski definition) is 2. The van der Waals surface area contributed by atoms with Crippen LogP contribution in [-0.4, -0.2) is 59.1 Å². The van der Waals surface area contributed by atoms with Crippen LogP contribution >= 0.6 is 0 Å². The summed E-state index contributed by atoms with van der Waals surface area (Å²) in [5.41, 5.74) is -0.555. The van der Waals surface area contributed by atoms with Crippen LogP contribution in [-0.2, 0) is 9.59 Å². The van der Waals surface area contributed by atoms with Crippen molar-refractivity contribution in [2.75, 3.05) is 26.2 Å². The number of rotatable bonds is 4. The van der Waals surface area contributed by atoms with E-state index < -0.39 is 5.41 Å². The summed E-state index contributed by atoms with van der Waals surface area (Å²) < 4.78 is 5.82. The maximum absolute atomic E-state index is 12.5. The largest absolute Gasteiger partial charge is 0.492 e. The highest BCUT2D eigenvalue weighted by atomic mass is 16.5. The number of aliphatic hydroxyl groups is 1. The lowest BCUT2D eigenvalue weighted by atomic mass is 9.77. The molecule has 0 bridgehead atoms. The Balaban J connectivity index is 1.42. The van der Waals surface area contributed by atoms with Crippen LogP contribution in [0.15, 0.2) is 24.5 Å². The molecule has 0 unspecified atom stereocenters. The Labute approximate surface area is 146 Å². The van der Waals surface area contributed by atoms with Gasteiger partial charge in [0.25, 0.3) is 0 Å². The molecule has 1 aromatic heterocycles. The third kappa shape index (κ3) is 2.86. The number of carbonyl (C=O) groups excluding carboxylic acids is 2. The summed E-state index contributed by atoms with van der Waals surface area (Å²) in [6.45, 7) is 2.05. The Morgan fingerprint density at radius 2 is 2.32 bits per heavy atom. The lowest BCUT2D eigenvalue weighted by molar-refractivity contribution is -0.142. The van der Waals surface area contributed by atoms with Gasteiger partial charge in [-0.15, -0.1) is 0 Å². The molecule has 3 fully saturated rings. The minimum atomic E-state index is -0.555. The van der Waals surface area contributed by atoms with Gasteiger partial charge in [0.15, 0.2) is 0 Å². The summed E-state index contributed by atoms with van der Waals surface area (Å²) in [6, 6.07) is 3.66. The van der Waals surface area contributed by atoms with Crippen molar-refractivity contribution in [3.8, 4) is 5.75 Å². The molecule has 2 amide bonds. The Bertz CT molecular complexity index is 662. The molecule has 2 N–H and O–H groups in total. The van der Waals surface area contributed by atoms with Crippen molar-refractivity contribution >= 4 is 11.8 Å². The second-order valence-electron chi connectivity index (χ2n) is 7.39. The van der Waals surface area contributed by atoms with Gasteiger partial charge in [0.1, 0.15) is 5.75 Å². The highest BCUT2D eigenvalue weighted by molar-refractivity contribution is 5.88. The molecule has 0 aromatic carbocycles. The van der Waals surface area contributed by atoms with E-state index in [-0.39, 0.29) is 29.8 Å². The predicted octanol–water partition coefficient (Wildman–Crippen LogP) is 0.196. The van der Waals surface area contributed by atoms with Gasteiger partial charge in [0.2, 0.25) is 11.8 Å². The first-order valence-electron chi connectivity index (χ1n) is 8.86. The van der Waals surface area contributed by atoms with Crippen LogP contribution in [0.25, 0.3) is 0 Å². The van der Waals surface area contributed by atoms with Gasteiger partial charge >= 0.3 is 0 Å². The lowest BCUT2D eigenvalue weighted by Crippen LogP contribution is -2.45. The quantitative estimate of drug-likeness (QED) is 0.813. The number of likely N-dealkylation sites (tertiary alicyclic amines) is 1. The second-order valence-corrected chi connectivity index (χ2v) is 7.39. The van der Waals surface area contributed by atoms with Gasteiger partial charge in [-0.1, -0.05) is 0 Å². The Kier molecular flexibility index (Phi) is 4.11. The van der Waals surface area contributed by atoms with Gasteiger partial charge in [-0.3, -0.25) is 14.6 Å². The molecule has 3 aliphatic rings. The molecule has 134 valence electrons. The summed E-state index contributed by atoms with van der Waals surface area (Å²) in [7, 11) is 0. The fraction of sp³-hybridized carbons (Fsp3) is 0.611. The van der Waals surface area contributed by atoms with E-state index in [0.29, 0.717) is 51.3 Å². The lowest BCUT2D eigenvalue weighted by Gasteiger charge is -2.34. The topological polar surface area (TPSA) is 91.8 Å². The van der Waals surface area contributed by atoms with Crippen LogP contribution in [0.4, 0.5) is 0 Å². The fourth-order valence-electron chi connectivity index (χ4n) is 4.21. The van der Waals surface area contributed by atoms with Gasteiger partial charge in [-0.25, -0.2) is 0 Å². The molecule has 7 heteroatoms. The van der Waals surface area contributed by atoms with Gasteiger partial charge in [-0.2, -0.15) is 0 Å². The zero-order valence-electron chi connectivity index (χ0n) is 14.1. The molecule has 2 atom stereocenters. The number of aliphatic hydroxyl groups excluding tert-OH is 1. The SMILES string of the molecule is O=C(C1CC(O)C1)N1CC[C@]2(C1)C(=O)NC[C@@H]2COc1cccnc1. The summed E-state index contributed by atoms with van der Waals surface area (Å²) >= 11 is 0. The Morgan fingerprint density at radius 1 is 1.48 bits per heavy atom. The van der Waals surface area contributed by atoms with E-state index in [2.05, 4.69) is 10.3 Å². The molecule has 3 heterocycles. The van der Waals surface area contributed by atoms with Crippen molar-refractivity contribution in [1.29, 1.82) is 0 Å². The first-order chi connectivity index (χ1) is 12.1. The zero-order chi connectivity index (χ0) is 17.4. The van der Waals surface area contributed by atoms with Gasteiger partial charge in [0.05, 0.1) is 24.3 Å². The van der Waals surface area contributed by atoms with Crippen LogP contribution in [0.3, 0.4) is 0 Å². The first kappa shape index (κ1) is 16.3. The Hall–Kier alpha value is -2.15. The molecule has 1 saturated carbocycles. The van der Waals surface area contributed by atoms with Crippen LogP contribution < -0.4 is 10.1 Å². The number of pyridine rings is 1. The van der Waals surface area contributed by atoms with Crippen molar-refractivity contribution in [3.05, 3.63) is 24.5 Å².